The van der Waals surface area contributed by atoms with Crippen LogP contribution in [0.15, 0.2) is 47.5 Å². The molecule has 0 aliphatic heterocycles. The second-order valence-electron chi connectivity index (χ2n) is 4.76. The van der Waals surface area contributed by atoms with E-state index < -0.39 is 0 Å². The van der Waals surface area contributed by atoms with Crippen molar-refractivity contribution in [2.24, 2.45) is 4.99 Å². The Morgan fingerprint density at radius 3 is 2.50 bits per heavy atom. The summed E-state index contributed by atoms with van der Waals surface area (Å²) in [4.78, 5) is 4.49. The van der Waals surface area contributed by atoms with Gasteiger partial charge in [-0.05, 0) is 31.5 Å². The van der Waals surface area contributed by atoms with Crippen molar-refractivity contribution < 1.29 is 9.84 Å². The first-order chi connectivity index (χ1) is 9.61. The normalized spacial score (nSPS) is 12.6. The number of benzene rings is 2. The fourth-order valence-corrected chi connectivity index (χ4v) is 1.93. The second-order valence-corrected chi connectivity index (χ2v) is 4.76. The lowest BCUT2D eigenvalue weighted by atomic mass is 10.1. The molecule has 0 bridgehead atoms. The van der Waals surface area contributed by atoms with Crippen LogP contribution >= 0.6 is 0 Å². The summed E-state index contributed by atoms with van der Waals surface area (Å²) in [6, 6.07) is 13.7. The Morgan fingerprint density at radius 1 is 1.15 bits per heavy atom. The Labute approximate surface area is 119 Å². The minimum absolute atomic E-state index is 0.0428. The second kappa shape index (κ2) is 6.24. The zero-order chi connectivity index (χ0) is 14.5. The van der Waals surface area contributed by atoms with E-state index in [0.717, 1.165) is 5.56 Å². The van der Waals surface area contributed by atoms with Gasteiger partial charge in [-0.2, -0.15) is 0 Å². The number of methoxy groups -OCH3 is 1. The van der Waals surface area contributed by atoms with Crippen LogP contribution in [0.5, 0.6) is 11.5 Å². The van der Waals surface area contributed by atoms with Gasteiger partial charge in [-0.3, -0.25) is 4.99 Å². The molecular weight excluding hydrogens is 250 g/mol. The number of nitrogens with zero attached hydrogens (tertiary/aromatic N) is 1. The molecule has 1 atom stereocenters. The van der Waals surface area contributed by atoms with E-state index in [1.165, 1.54) is 12.7 Å². The zero-order valence-electron chi connectivity index (χ0n) is 12.0. The molecule has 0 heterocycles. The van der Waals surface area contributed by atoms with Crippen LogP contribution in [0.3, 0.4) is 0 Å². The number of rotatable bonds is 4. The van der Waals surface area contributed by atoms with Crippen molar-refractivity contribution in [3.05, 3.63) is 59.2 Å². The average Bonchev–Trinajstić information content (AvgIpc) is 2.46. The van der Waals surface area contributed by atoms with Gasteiger partial charge in [0, 0.05) is 11.8 Å². The molecule has 0 aliphatic rings. The smallest absolute Gasteiger partial charge is 0.166 e. The van der Waals surface area contributed by atoms with Crippen LogP contribution < -0.4 is 4.74 Å². The third kappa shape index (κ3) is 3.18. The Balaban J connectivity index is 2.19. The predicted octanol–water partition coefficient (Wildman–Crippen LogP) is 3.89. The van der Waals surface area contributed by atoms with E-state index in [1.54, 1.807) is 12.3 Å². The molecule has 2 rings (SSSR count). The highest BCUT2D eigenvalue weighted by Crippen LogP contribution is 2.28. The highest BCUT2D eigenvalue weighted by atomic mass is 16.5. The molecule has 3 nitrogen and oxygen atoms in total. The van der Waals surface area contributed by atoms with Crippen LogP contribution in [-0.4, -0.2) is 18.4 Å². The predicted molar refractivity (Wildman–Crippen MR) is 81.8 cm³/mol. The van der Waals surface area contributed by atoms with Crippen LogP contribution in [0.25, 0.3) is 0 Å². The van der Waals surface area contributed by atoms with E-state index in [0.29, 0.717) is 11.3 Å². The van der Waals surface area contributed by atoms with Gasteiger partial charge < -0.3 is 9.84 Å². The summed E-state index contributed by atoms with van der Waals surface area (Å²) in [6.45, 7) is 4.09. The highest BCUT2D eigenvalue weighted by Gasteiger charge is 2.06. The number of aliphatic imine (C=N–C) groups is 1. The molecule has 0 fully saturated rings. The molecule has 0 saturated heterocycles. The fraction of sp³-hybridized carbons (Fsp3) is 0.235. The van der Waals surface area contributed by atoms with E-state index in [1.807, 2.05) is 19.1 Å². The number of hydrogen-bond acceptors (Lipinski definition) is 3. The topological polar surface area (TPSA) is 41.8 Å². The quantitative estimate of drug-likeness (QED) is 0.856. The highest BCUT2D eigenvalue weighted by molar-refractivity contribution is 5.84. The van der Waals surface area contributed by atoms with Crippen molar-refractivity contribution in [2.75, 3.05) is 7.11 Å². The van der Waals surface area contributed by atoms with Crippen molar-refractivity contribution in [3.8, 4) is 11.5 Å². The van der Waals surface area contributed by atoms with E-state index >= 15 is 0 Å². The number of aromatic hydroxyl groups is 1. The first-order valence-electron chi connectivity index (χ1n) is 6.57. The minimum atomic E-state index is 0.0428. The summed E-state index contributed by atoms with van der Waals surface area (Å²) >= 11 is 0. The van der Waals surface area contributed by atoms with Gasteiger partial charge in [0.05, 0.1) is 13.2 Å². The summed E-state index contributed by atoms with van der Waals surface area (Å²) in [7, 11) is 1.53. The molecule has 2 aromatic rings. The van der Waals surface area contributed by atoms with Crippen molar-refractivity contribution >= 4 is 6.21 Å². The largest absolute Gasteiger partial charge is 0.504 e. The van der Waals surface area contributed by atoms with Crippen LogP contribution in [-0.2, 0) is 0 Å². The van der Waals surface area contributed by atoms with Crippen molar-refractivity contribution in [3.63, 3.8) is 0 Å². The van der Waals surface area contributed by atoms with Gasteiger partial charge in [-0.1, -0.05) is 35.9 Å². The monoisotopic (exact) mass is 269 g/mol. The molecular formula is C17H19NO2. The van der Waals surface area contributed by atoms with E-state index in [4.69, 9.17) is 4.74 Å². The number of phenolic OH excluding ortho intramolecular Hbond substituents is 1. The summed E-state index contributed by atoms with van der Waals surface area (Å²) in [5.41, 5.74) is 3.04. The molecule has 20 heavy (non-hydrogen) atoms. The first-order valence-corrected chi connectivity index (χ1v) is 6.57. The maximum absolute atomic E-state index is 9.99. The van der Waals surface area contributed by atoms with E-state index in [-0.39, 0.29) is 11.8 Å². The standard InChI is InChI=1S/C17H19NO2/c1-12-7-9-14(10-8-12)13(2)18-11-15-5-4-6-16(20-3)17(15)19/h4-11,13,19H,1-3H3. The molecule has 3 heteroatoms. The maximum atomic E-state index is 9.99. The Hall–Kier alpha value is -2.29. The lowest BCUT2D eigenvalue weighted by Gasteiger charge is -2.08. The number of ether oxygens (including phenoxy) is 1. The van der Waals surface area contributed by atoms with Crippen molar-refractivity contribution in [2.45, 2.75) is 19.9 Å². The van der Waals surface area contributed by atoms with Crippen molar-refractivity contribution in [1.29, 1.82) is 0 Å². The number of aryl methyl sites for hydroxylation is 1. The molecule has 0 aromatic heterocycles. The van der Waals surface area contributed by atoms with Crippen LogP contribution in [0.2, 0.25) is 0 Å². The molecule has 0 amide bonds. The van der Waals surface area contributed by atoms with E-state index in [9.17, 15) is 5.11 Å². The third-order valence-electron chi connectivity index (χ3n) is 3.25. The summed E-state index contributed by atoms with van der Waals surface area (Å²) in [5, 5.41) is 9.99. The molecule has 1 N–H and O–H groups in total. The van der Waals surface area contributed by atoms with Crippen LogP contribution in [0, 0.1) is 6.92 Å². The Morgan fingerprint density at radius 2 is 1.85 bits per heavy atom. The SMILES string of the molecule is COc1cccc(C=NC(C)c2ccc(C)cc2)c1O. The Kier molecular flexibility index (Phi) is 4.41. The van der Waals surface area contributed by atoms with Gasteiger partial charge in [-0.15, -0.1) is 0 Å². The molecule has 1 unspecified atom stereocenters. The summed E-state index contributed by atoms with van der Waals surface area (Å²) in [6.07, 6.45) is 1.68. The number of para-hydroxylation sites is 1. The van der Waals surface area contributed by atoms with Gasteiger partial charge in [0.25, 0.3) is 0 Å². The molecule has 104 valence electrons. The third-order valence-corrected chi connectivity index (χ3v) is 3.25. The van der Waals surface area contributed by atoms with Gasteiger partial charge in [0.1, 0.15) is 0 Å². The average molecular weight is 269 g/mol. The summed E-state index contributed by atoms with van der Waals surface area (Å²) < 4.78 is 5.08. The minimum Gasteiger partial charge on any atom is -0.504 e. The maximum Gasteiger partial charge on any atom is 0.166 e. The van der Waals surface area contributed by atoms with Gasteiger partial charge in [-0.25, -0.2) is 0 Å². The van der Waals surface area contributed by atoms with Crippen LogP contribution in [0.4, 0.5) is 0 Å². The lowest BCUT2D eigenvalue weighted by molar-refractivity contribution is 0.373. The van der Waals surface area contributed by atoms with Gasteiger partial charge >= 0.3 is 0 Å². The van der Waals surface area contributed by atoms with Gasteiger partial charge in [0.15, 0.2) is 11.5 Å². The fourth-order valence-electron chi connectivity index (χ4n) is 1.93. The lowest BCUT2D eigenvalue weighted by Crippen LogP contribution is -1.93. The van der Waals surface area contributed by atoms with Crippen molar-refractivity contribution in [1.82, 2.24) is 0 Å². The molecule has 0 aliphatic carbocycles. The number of hydrogen-bond donors (Lipinski definition) is 1. The molecule has 0 saturated carbocycles. The van der Waals surface area contributed by atoms with Crippen LogP contribution in [0.1, 0.15) is 29.7 Å². The molecule has 0 spiro atoms. The number of phenols is 1. The molecule has 2 aromatic carbocycles. The van der Waals surface area contributed by atoms with Gasteiger partial charge in [0.2, 0.25) is 0 Å². The van der Waals surface area contributed by atoms with E-state index in [2.05, 4.69) is 36.2 Å². The summed E-state index contributed by atoms with van der Waals surface area (Å²) in [5.74, 6) is 0.576. The zero-order valence-corrected chi connectivity index (χ0v) is 12.0. The Bertz CT molecular complexity index is 603. The first kappa shape index (κ1) is 14.1. The molecule has 0 radical (unpaired) electrons.